The van der Waals surface area contributed by atoms with E-state index in [0.717, 1.165) is 0 Å². The molecule has 0 aliphatic carbocycles. The van der Waals surface area contributed by atoms with E-state index in [4.69, 9.17) is 32.5 Å². The lowest BCUT2D eigenvalue weighted by Crippen LogP contribution is -2.21. The van der Waals surface area contributed by atoms with Crippen LogP contribution in [0.25, 0.3) is 0 Å². The van der Waals surface area contributed by atoms with Crippen molar-refractivity contribution < 1.29 is 9.47 Å². The summed E-state index contributed by atoms with van der Waals surface area (Å²) in [7, 11) is 1.54. The number of benzene rings is 1. The number of hydrogen-bond donors (Lipinski definition) is 2. The smallest absolute Gasteiger partial charge is 0.211 e. The van der Waals surface area contributed by atoms with Gasteiger partial charge in [-0.15, -0.1) is 5.10 Å². The monoisotopic (exact) mass is 270 g/mol. The van der Waals surface area contributed by atoms with E-state index in [0.29, 0.717) is 28.7 Å². The standard InChI is InChI=1S/C11H15ClN4O2/c1-3-18-10-4-7(6-15-16-11(13)14)8(12)5-9(10)17-2/h4-6H,3H2,1-2H3,(H4,13,14,16). The molecule has 4 N–H and O–H groups in total. The van der Waals surface area contributed by atoms with Crippen molar-refractivity contribution in [3.63, 3.8) is 0 Å². The van der Waals surface area contributed by atoms with Crippen LogP contribution in [0, 0.1) is 0 Å². The Morgan fingerprint density at radius 1 is 1.39 bits per heavy atom. The van der Waals surface area contributed by atoms with Crippen molar-refractivity contribution in [1.29, 1.82) is 0 Å². The van der Waals surface area contributed by atoms with Gasteiger partial charge in [-0.25, -0.2) is 0 Å². The van der Waals surface area contributed by atoms with Crippen molar-refractivity contribution in [3.05, 3.63) is 22.7 Å². The molecule has 0 fully saturated rings. The van der Waals surface area contributed by atoms with Crippen molar-refractivity contribution in [2.75, 3.05) is 13.7 Å². The summed E-state index contributed by atoms with van der Waals surface area (Å²) >= 11 is 6.06. The molecule has 0 atom stereocenters. The van der Waals surface area contributed by atoms with Gasteiger partial charge in [0.15, 0.2) is 11.5 Å². The van der Waals surface area contributed by atoms with E-state index in [9.17, 15) is 0 Å². The number of nitrogens with zero attached hydrogens (tertiary/aromatic N) is 2. The number of rotatable bonds is 5. The van der Waals surface area contributed by atoms with E-state index < -0.39 is 0 Å². The molecular weight excluding hydrogens is 256 g/mol. The molecule has 0 aromatic heterocycles. The highest BCUT2D eigenvalue weighted by molar-refractivity contribution is 6.33. The van der Waals surface area contributed by atoms with Crippen molar-refractivity contribution in [3.8, 4) is 11.5 Å². The maximum Gasteiger partial charge on any atom is 0.211 e. The fourth-order valence-corrected chi connectivity index (χ4v) is 1.44. The normalized spacial score (nSPS) is 10.4. The van der Waals surface area contributed by atoms with Crippen LogP contribution in [0.5, 0.6) is 11.5 Å². The van der Waals surface area contributed by atoms with Crippen LogP contribution in [-0.4, -0.2) is 25.9 Å². The molecule has 0 saturated heterocycles. The van der Waals surface area contributed by atoms with Gasteiger partial charge in [0.05, 0.1) is 25.0 Å². The molecule has 1 aromatic rings. The van der Waals surface area contributed by atoms with Gasteiger partial charge in [-0.05, 0) is 13.0 Å². The van der Waals surface area contributed by atoms with Gasteiger partial charge >= 0.3 is 0 Å². The number of methoxy groups -OCH3 is 1. The van der Waals surface area contributed by atoms with Gasteiger partial charge < -0.3 is 20.9 Å². The maximum absolute atomic E-state index is 6.06. The van der Waals surface area contributed by atoms with Gasteiger partial charge in [0.2, 0.25) is 5.96 Å². The van der Waals surface area contributed by atoms with Crippen molar-refractivity contribution in [2.45, 2.75) is 6.92 Å². The van der Waals surface area contributed by atoms with Crippen LogP contribution in [-0.2, 0) is 0 Å². The van der Waals surface area contributed by atoms with Crippen LogP contribution in [0.15, 0.2) is 22.3 Å². The highest BCUT2D eigenvalue weighted by atomic mass is 35.5. The topological polar surface area (TPSA) is 95.2 Å². The van der Waals surface area contributed by atoms with Crippen LogP contribution in [0.1, 0.15) is 12.5 Å². The summed E-state index contributed by atoms with van der Waals surface area (Å²) in [6, 6.07) is 3.35. The number of guanidine groups is 1. The second kappa shape index (κ2) is 6.70. The van der Waals surface area contributed by atoms with Crippen molar-refractivity contribution in [2.24, 2.45) is 21.7 Å². The highest BCUT2D eigenvalue weighted by Crippen LogP contribution is 2.32. The molecule has 98 valence electrons. The minimum atomic E-state index is -0.124. The Labute approximate surface area is 110 Å². The number of ether oxygens (including phenoxy) is 2. The summed E-state index contributed by atoms with van der Waals surface area (Å²) in [6.07, 6.45) is 1.43. The molecule has 1 aromatic carbocycles. The summed E-state index contributed by atoms with van der Waals surface area (Å²) in [5, 5.41) is 7.64. The van der Waals surface area contributed by atoms with Crippen LogP contribution >= 0.6 is 11.6 Å². The SMILES string of the molecule is CCOc1cc(C=NN=C(N)N)c(Cl)cc1OC. The molecule has 7 heteroatoms. The zero-order valence-electron chi connectivity index (χ0n) is 10.2. The molecule has 0 aliphatic rings. The summed E-state index contributed by atoms with van der Waals surface area (Å²) in [4.78, 5) is 0. The van der Waals surface area contributed by atoms with Crippen LogP contribution in [0.4, 0.5) is 0 Å². The Balaban J connectivity index is 3.08. The first-order chi connectivity index (χ1) is 8.58. The zero-order chi connectivity index (χ0) is 13.5. The molecule has 0 radical (unpaired) electrons. The summed E-state index contributed by atoms with van der Waals surface area (Å²) in [6.45, 7) is 2.39. The Morgan fingerprint density at radius 2 is 2.11 bits per heavy atom. The summed E-state index contributed by atoms with van der Waals surface area (Å²) < 4.78 is 10.6. The Hall–Kier alpha value is -1.95. The van der Waals surface area contributed by atoms with Crippen LogP contribution < -0.4 is 20.9 Å². The first-order valence-electron chi connectivity index (χ1n) is 5.20. The van der Waals surface area contributed by atoms with Crippen molar-refractivity contribution in [1.82, 2.24) is 0 Å². The molecular formula is C11H15ClN4O2. The third-order valence-electron chi connectivity index (χ3n) is 1.95. The Bertz CT molecular complexity index is 470. The molecule has 0 aliphatic heterocycles. The van der Waals surface area contributed by atoms with Gasteiger partial charge in [0, 0.05) is 11.6 Å². The van der Waals surface area contributed by atoms with Gasteiger partial charge in [0.25, 0.3) is 0 Å². The second-order valence-corrected chi connectivity index (χ2v) is 3.63. The largest absolute Gasteiger partial charge is 0.493 e. The highest BCUT2D eigenvalue weighted by Gasteiger charge is 2.08. The van der Waals surface area contributed by atoms with Crippen molar-refractivity contribution >= 4 is 23.8 Å². The molecule has 0 amide bonds. The lowest BCUT2D eigenvalue weighted by molar-refractivity contribution is 0.311. The molecule has 0 unspecified atom stereocenters. The average Bonchev–Trinajstić information content (AvgIpc) is 2.32. The molecule has 6 nitrogen and oxygen atoms in total. The number of nitrogens with two attached hydrogens (primary N) is 2. The zero-order valence-corrected chi connectivity index (χ0v) is 10.9. The third-order valence-corrected chi connectivity index (χ3v) is 2.28. The van der Waals surface area contributed by atoms with Gasteiger partial charge in [-0.3, -0.25) is 0 Å². The molecule has 18 heavy (non-hydrogen) atoms. The van der Waals surface area contributed by atoms with E-state index in [1.54, 1.807) is 19.2 Å². The van der Waals surface area contributed by atoms with Crippen LogP contribution in [0.2, 0.25) is 5.02 Å². The molecule has 0 spiro atoms. The lowest BCUT2D eigenvalue weighted by atomic mass is 10.2. The maximum atomic E-state index is 6.06. The minimum Gasteiger partial charge on any atom is -0.493 e. The Morgan fingerprint density at radius 3 is 2.67 bits per heavy atom. The second-order valence-electron chi connectivity index (χ2n) is 3.23. The predicted octanol–water partition coefficient (Wildman–Crippen LogP) is 1.35. The van der Waals surface area contributed by atoms with E-state index >= 15 is 0 Å². The number of hydrogen-bond acceptors (Lipinski definition) is 4. The van der Waals surface area contributed by atoms with Gasteiger partial charge in [-0.1, -0.05) is 11.6 Å². The lowest BCUT2D eigenvalue weighted by Gasteiger charge is -2.10. The quantitative estimate of drug-likeness (QED) is 0.480. The fraction of sp³-hybridized carbons (Fsp3) is 0.273. The number of halogens is 1. The molecule has 0 heterocycles. The van der Waals surface area contributed by atoms with E-state index in [1.165, 1.54) is 6.21 Å². The van der Waals surface area contributed by atoms with E-state index in [-0.39, 0.29) is 5.96 Å². The summed E-state index contributed by atoms with van der Waals surface area (Å²) in [5.74, 6) is 1.01. The molecule has 0 saturated carbocycles. The third kappa shape index (κ3) is 3.81. The van der Waals surface area contributed by atoms with Gasteiger partial charge in [0.1, 0.15) is 0 Å². The molecule has 1 rings (SSSR count). The predicted molar refractivity (Wildman–Crippen MR) is 72.6 cm³/mol. The first kappa shape index (κ1) is 14.1. The Kier molecular flexibility index (Phi) is 5.26. The van der Waals surface area contributed by atoms with E-state index in [1.807, 2.05) is 6.92 Å². The minimum absolute atomic E-state index is 0.124. The summed E-state index contributed by atoms with van der Waals surface area (Å²) in [5.41, 5.74) is 10.9. The average molecular weight is 271 g/mol. The van der Waals surface area contributed by atoms with E-state index in [2.05, 4.69) is 10.2 Å². The van der Waals surface area contributed by atoms with Crippen LogP contribution in [0.3, 0.4) is 0 Å². The first-order valence-corrected chi connectivity index (χ1v) is 5.58. The fourth-order valence-electron chi connectivity index (χ4n) is 1.24. The molecule has 0 bridgehead atoms. The van der Waals surface area contributed by atoms with Gasteiger partial charge in [-0.2, -0.15) is 5.10 Å².